The first kappa shape index (κ1) is 20.3. The molecule has 1 N–H and O–H groups in total. The molecule has 0 aromatic heterocycles. The van der Waals surface area contributed by atoms with Gasteiger partial charge >= 0.3 is 5.97 Å². The van der Waals surface area contributed by atoms with Gasteiger partial charge in [0, 0.05) is 14.2 Å². The topological polar surface area (TPSA) is 66.8 Å². The van der Waals surface area contributed by atoms with Crippen molar-refractivity contribution in [2.24, 2.45) is 0 Å². The second-order valence-electron chi connectivity index (χ2n) is 3.73. The standard InChI is InChI=1S/C5H12O.C4H7NO3.C2H6/c1-5(2,3)6-4;1-5(3-6)2-4(7)8;1-2/h1-4H3;3H,2H2,1H3,(H,7,8);1-2H3. The van der Waals surface area contributed by atoms with E-state index in [-0.39, 0.29) is 12.1 Å². The van der Waals surface area contributed by atoms with Gasteiger partial charge in [0.2, 0.25) is 6.41 Å². The molecular formula is C11H25NO4. The van der Waals surface area contributed by atoms with E-state index in [2.05, 4.69) is 0 Å². The monoisotopic (exact) mass is 235 g/mol. The molecule has 0 saturated carbocycles. The van der Waals surface area contributed by atoms with Crippen LogP contribution in [0.3, 0.4) is 0 Å². The van der Waals surface area contributed by atoms with Crippen molar-refractivity contribution in [3.63, 3.8) is 0 Å². The molecule has 98 valence electrons. The van der Waals surface area contributed by atoms with E-state index >= 15 is 0 Å². The molecule has 0 aliphatic rings. The third-order valence-corrected chi connectivity index (χ3v) is 1.18. The lowest BCUT2D eigenvalue weighted by atomic mass is 10.2. The number of nitrogens with zero attached hydrogens (tertiary/aromatic N) is 1. The zero-order chi connectivity index (χ0) is 13.8. The normalized spacial score (nSPS) is 8.94. The molecule has 0 rings (SSSR count). The molecular weight excluding hydrogens is 210 g/mol. The fourth-order valence-corrected chi connectivity index (χ4v) is 0.251. The Kier molecular flexibility index (Phi) is 15.2. The van der Waals surface area contributed by atoms with Crippen molar-refractivity contribution in [3.8, 4) is 0 Å². The number of amides is 1. The summed E-state index contributed by atoms with van der Waals surface area (Å²) in [6.45, 7) is 9.83. The van der Waals surface area contributed by atoms with Gasteiger partial charge in [-0.2, -0.15) is 0 Å². The van der Waals surface area contributed by atoms with Gasteiger partial charge < -0.3 is 14.7 Å². The molecule has 0 unspecified atom stereocenters. The van der Waals surface area contributed by atoms with Crippen LogP contribution in [0.15, 0.2) is 0 Å². The number of hydrogen-bond donors (Lipinski definition) is 1. The molecule has 16 heavy (non-hydrogen) atoms. The van der Waals surface area contributed by atoms with Gasteiger partial charge in [-0.15, -0.1) is 0 Å². The zero-order valence-electron chi connectivity index (χ0n) is 11.4. The first-order chi connectivity index (χ1) is 7.22. The van der Waals surface area contributed by atoms with Gasteiger partial charge in [0.05, 0.1) is 5.60 Å². The Balaban J connectivity index is -0.000000188. The molecule has 0 spiro atoms. The smallest absolute Gasteiger partial charge is 0.323 e. The largest absolute Gasteiger partial charge is 0.480 e. The van der Waals surface area contributed by atoms with E-state index in [4.69, 9.17) is 9.84 Å². The lowest BCUT2D eigenvalue weighted by Crippen LogP contribution is -2.23. The average Bonchev–Trinajstić information content (AvgIpc) is 2.19. The van der Waals surface area contributed by atoms with Gasteiger partial charge in [0.25, 0.3) is 0 Å². The van der Waals surface area contributed by atoms with E-state index in [0.29, 0.717) is 6.41 Å². The van der Waals surface area contributed by atoms with Crippen molar-refractivity contribution >= 4 is 12.4 Å². The maximum atomic E-state index is 9.77. The molecule has 0 aromatic carbocycles. The molecule has 0 heterocycles. The zero-order valence-corrected chi connectivity index (χ0v) is 11.4. The third-order valence-electron chi connectivity index (χ3n) is 1.18. The molecule has 0 bridgehead atoms. The van der Waals surface area contributed by atoms with Gasteiger partial charge in [-0.3, -0.25) is 9.59 Å². The molecule has 5 nitrogen and oxygen atoms in total. The number of carbonyl (C=O) groups excluding carboxylic acids is 1. The Bertz CT molecular complexity index is 175. The van der Waals surface area contributed by atoms with E-state index < -0.39 is 5.97 Å². The highest BCUT2D eigenvalue weighted by atomic mass is 16.5. The fraction of sp³-hybridized carbons (Fsp3) is 0.818. The Morgan fingerprint density at radius 1 is 1.38 bits per heavy atom. The number of ether oxygens (including phenoxy) is 1. The fourth-order valence-electron chi connectivity index (χ4n) is 0.251. The number of carboxylic acid groups (broad SMARTS) is 1. The van der Waals surface area contributed by atoms with Crippen LogP contribution >= 0.6 is 0 Å². The summed E-state index contributed by atoms with van der Waals surface area (Å²) in [5.74, 6) is -1.00. The molecule has 0 aliphatic heterocycles. The number of rotatable bonds is 3. The number of carboxylic acids is 1. The summed E-state index contributed by atoms with van der Waals surface area (Å²) < 4.78 is 4.94. The highest BCUT2D eigenvalue weighted by Crippen LogP contribution is 2.02. The number of aliphatic carboxylic acids is 1. The quantitative estimate of drug-likeness (QED) is 0.755. The summed E-state index contributed by atoms with van der Waals surface area (Å²) in [6, 6.07) is 0. The second-order valence-corrected chi connectivity index (χ2v) is 3.73. The van der Waals surface area contributed by atoms with Crippen LogP contribution in [0.25, 0.3) is 0 Å². The van der Waals surface area contributed by atoms with Crippen LogP contribution < -0.4 is 0 Å². The molecule has 5 heteroatoms. The Labute approximate surface area is 98.4 Å². The Morgan fingerprint density at radius 2 is 1.69 bits per heavy atom. The van der Waals surface area contributed by atoms with E-state index in [1.165, 1.54) is 7.05 Å². The molecule has 0 aliphatic carbocycles. The van der Waals surface area contributed by atoms with Gasteiger partial charge in [-0.1, -0.05) is 13.8 Å². The van der Waals surface area contributed by atoms with Crippen LogP contribution in [0.4, 0.5) is 0 Å². The van der Waals surface area contributed by atoms with Crippen molar-refractivity contribution < 1.29 is 19.4 Å². The van der Waals surface area contributed by atoms with Gasteiger partial charge in [-0.05, 0) is 20.8 Å². The summed E-state index contributed by atoms with van der Waals surface area (Å²) in [4.78, 5) is 20.5. The molecule has 0 atom stereocenters. The minimum absolute atomic E-state index is 0.0417. The average molecular weight is 235 g/mol. The number of methoxy groups -OCH3 is 1. The van der Waals surface area contributed by atoms with Gasteiger partial charge in [-0.25, -0.2) is 0 Å². The Morgan fingerprint density at radius 3 is 1.75 bits per heavy atom. The van der Waals surface area contributed by atoms with Gasteiger partial charge in [0.15, 0.2) is 0 Å². The van der Waals surface area contributed by atoms with Crippen molar-refractivity contribution in [3.05, 3.63) is 0 Å². The van der Waals surface area contributed by atoms with Crippen molar-refractivity contribution in [2.45, 2.75) is 40.2 Å². The van der Waals surface area contributed by atoms with E-state index in [9.17, 15) is 9.59 Å². The highest BCUT2D eigenvalue weighted by Gasteiger charge is 2.04. The minimum atomic E-state index is -1.00. The number of hydrogen-bond acceptors (Lipinski definition) is 3. The highest BCUT2D eigenvalue weighted by molar-refractivity contribution is 5.71. The maximum Gasteiger partial charge on any atom is 0.323 e. The van der Waals surface area contributed by atoms with E-state index in [1.54, 1.807) is 7.11 Å². The lowest BCUT2D eigenvalue weighted by Gasteiger charge is -2.14. The second kappa shape index (κ2) is 12.0. The SMILES string of the molecule is CC.CN(C=O)CC(=O)O.COC(C)(C)C. The predicted octanol–water partition coefficient (Wildman–Crippen LogP) is 1.62. The minimum Gasteiger partial charge on any atom is -0.480 e. The van der Waals surface area contributed by atoms with Crippen LogP contribution in [-0.4, -0.2) is 48.7 Å². The lowest BCUT2D eigenvalue weighted by molar-refractivity contribution is -0.140. The predicted molar refractivity (Wildman–Crippen MR) is 64.4 cm³/mol. The summed E-state index contributed by atoms with van der Waals surface area (Å²) in [5.41, 5.74) is 0.0417. The molecule has 0 saturated heterocycles. The van der Waals surface area contributed by atoms with E-state index in [0.717, 1.165) is 4.90 Å². The number of carbonyl (C=O) groups is 2. The molecule has 0 aromatic rings. The molecule has 0 fully saturated rings. The van der Waals surface area contributed by atoms with Crippen molar-refractivity contribution in [1.82, 2.24) is 4.90 Å². The van der Waals surface area contributed by atoms with Crippen LogP contribution in [0.1, 0.15) is 34.6 Å². The summed E-state index contributed by atoms with van der Waals surface area (Å²) >= 11 is 0. The maximum absolute atomic E-state index is 9.77. The summed E-state index contributed by atoms with van der Waals surface area (Å²) in [5, 5.41) is 8.01. The van der Waals surface area contributed by atoms with Crippen LogP contribution in [-0.2, 0) is 14.3 Å². The van der Waals surface area contributed by atoms with Crippen molar-refractivity contribution in [1.29, 1.82) is 0 Å². The Hall–Kier alpha value is -1.10. The van der Waals surface area contributed by atoms with Crippen LogP contribution in [0.5, 0.6) is 0 Å². The van der Waals surface area contributed by atoms with Gasteiger partial charge in [0.1, 0.15) is 6.54 Å². The third kappa shape index (κ3) is 29.3. The summed E-state index contributed by atoms with van der Waals surface area (Å²) in [6.07, 6.45) is 0.466. The van der Waals surface area contributed by atoms with Crippen LogP contribution in [0.2, 0.25) is 0 Å². The van der Waals surface area contributed by atoms with Crippen LogP contribution in [0, 0.1) is 0 Å². The number of likely N-dealkylation sites (N-methyl/N-ethyl adjacent to an activating group) is 1. The first-order valence-electron chi connectivity index (χ1n) is 5.15. The molecule has 1 amide bonds. The summed E-state index contributed by atoms with van der Waals surface area (Å²) in [7, 11) is 3.11. The molecule has 0 radical (unpaired) electrons. The van der Waals surface area contributed by atoms with Crippen molar-refractivity contribution in [2.75, 3.05) is 20.7 Å². The van der Waals surface area contributed by atoms with E-state index in [1.807, 2.05) is 34.6 Å². The first-order valence-corrected chi connectivity index (χ1v) is 5.15.